The first kappa shape index (κ1) is 31.7. The summed E-state index contributed by atoms with van der Waals surface area (Å²) in [5.41, 5.74) is 1.15. The number of methoxy groups -OCH3 is 1. The van der Waals surface area contributed by atoms with Crippen LogP contribution in [0.4, 0.5) is 4.39 Å². The highest BCUT2D eigenvalue weighted by atomic mass is 32.3. The molecule has 1 fully saturated rings. The molecule has 1 saturated heterocycles. The number of nitrogens with zero attached hydrogens (tertiary/aromatic N) is 1. The van der Waals surface area contributed by atoms with Crippen molar-refractivity contribution in [3.05, 3.63) is 42.0 Å². The predicted molar refractivity (Wildman–Crippen MR) is 161 cm³/mol. The van der Waals surface area contributed by atoms with E-state index in [0.29, 0.717) is 42.2 Å². The average molecular weight is 564 g/mol. The van der Waals surface area contributed by atoms with Crippen molar-refractivity contribution in [2.24, 2.45) is 0 Å². The second kappa shape index (κ2) is 12.0. The Balaban J connectivity index is 1.97. The van der Waals surface area contributed by atoms with E-state index in [2.05, 4.69) is 66.0 Å². The molecule has 0 radical (unpaired) electrons. The average Bonchev–Trinajstić information content (AvgIpc) is 3.05. The minimum atomic E-state index is -1.36. The van der Waals surface area contributed by atoms with Crippen LogP contribution < -0.4 is 9.47 Å². The maximum absolute atomic E-state index is 15.3. The Kier molecular flexibility index (Phi) is 9.74. The van der Waals surface area contributed by atoms with Crippen LogP contribution in [-0.4, -0.2) is 60.9 Å². The topological polar surface area (TPSA) is 59.0 Å². The lowest BCUT2D eigenvalue weighted by Crippen LogP contribution is -2.41. The van der Waals surface area contributed by atoms with Gasteiger partial charge in [0.1, 0.15) is 5.82 Å². The molecule has 1 aliphatic rings. The Labute approximate surface area is 237 Å². The molecule has 2 aromatic rings. The molecular weight excluding hydrogens is 516 g/mol. The third-order valence-corrected chi connectivity index (χ3v) is 11.7. The van der Waals surface area contributed by atoms with E-state index >= 15 is 4.39 Å². The normalized spacial score (nSPS) is 18.2. The number of hydrogen-bond donors (Lipinski definition) is 0. The molecule has 9 heteroatoms. The van der Waals surface area contributed by atoms with Gasteiger partial charge in [-0.25, -0.2) is 4.39 Å². The van der Waals surface area contributed by atoms with Gasteiger partial charge < -0.3 is 23.0 Å². The van der Waals surface area contributed by atoms with Crippen molar-refractivity contribution in [2.75, 3.05) is 32.8 Å². The fourth-order valence-corrected chi connectivity index (χ4v) is 4.95. The van der Waals surface area contributed by atoms with Crippen LogP contribution in [0.25, 0.3) is 11.1 Å². The van der Waals surface area contributed by atoms with Crippen molar-refractivity contribution in [3.63, 3.8) is 0 Å². The van der Waals surface area contributed by atoms with Gasteiger partial charge in [-0.3, -0.25) is 4.98 Å². The van der Waals surface area contributed by atoms with Crippen LogP contribution in [0.3, 0.4) is 0 Å². The molecule has 1 unspecified atom stereocenters. The molecule has 39 heavy (non-hydrogen) atoms. The van der Waals surface area contributed by atoms with Crippen LogP contribution in [0.1, 0.15) is 73.3 Å². The maximum atomic E-state index is 15.3. The van der Waals surface area contributed by atoms with Crippen LogP contribution >= 0.6 is 10.3 Å². The van der Waals surface area contributed by atoms with E-state index in [9.17, 15) is 0 Å². The fourth-order valence-electron chi connectivity index (χ4n) is 4.09. The molecule has 1 atom stereocenters. The van der Waals surface area contributed by atoms with Crippen LogP contribution in [0.15, 0.2) is 30.6 Å². The van der Waals surface area contributed by atoms with Gasteiger partial charge in [0.15, 0.2) is 11.5 Å². The number of ether oxygens (including phenoxy) is 2. The zero-order valence-electron chi connectivity index (χ0n) is 25.6. The summed E-state index contributed by atoms with van der Waals surface area (Å²) in [5.74, 6) is 0.409. The van der Waals surface area contributed by atoms with Gasteiger partial charge >= 0.3 is 7.12 Å². The zero-order valence-corrected chi connectivity index (χ0v) is 26.5. The first-order chi connectivity index (χ1) is 18.0. The molecule has 0 amide bonds. The van der Waals surface area contributed by atoms with E-state index in [-0.39, 0.29) is 10.7 Å². The summed E-state index contributed by atoms with van der Waals surface area (Å²) < 4.78 is 45.8. The van der Waals surface area contributed by atoms with Crippen molar-refractivity contribution in [1.82, 2.24) is 4.98 Å². The third kappa shape index (κ3) is 7.29. The number of halogens is 1. The molecular formula is C30H47BFNO5S. The highest BCUT2D eigenvalue weighted by Gasteiger charge is 2.51. The highest BCUT2D eigenvalue weighted by molar-refractivity contribution is 8.29. The van der Waals surface area contributed by atoms with Gasteiger partial charge in [-0.05, 0) is 70.6 Å². The lowest BCUT2D eigenvalue weighted by molar-refractivity contribution is 0.00578. The molecule has 0 aliphatic carbocycles. The van der Waals surface area contributed by atoms with Gasteiger partial charge in [0.25, 0.3) is 0 Å². The SMILES string of the molecule is CCCOc1cc(-c2cncc(C(COS(C)(C)C(C)(C)C)CB3OC(C)(C)C(C)(C)O3)c2)c(F)cc1OC. The number of pyridine rings is 1. The van der Waals surface area contributed by atoms with Crippen molar-refractivity contribution in [2.45, 2.75) is 90.0 Å². The highest BCUT2D eigenvalue weighted by Crippen LogP contribution is 2.54. The van der Waals surface area contributed by atoms with E-state index in [1.54, 1.807) is 12.3 Å². The maximum Gasteiger partial charge on any atom is 0.458 e. The first-order valence-electron chi connectivity index (χ1n) is 13.7. The largest absolute Gasteiger partial charge is 0.493 e. The second-order valence-corrected chi connectivity index (χ2v) is 16.5. The van der Waals surface area contributed by atoms with Crippen molar-refractivity contribution < 1.29 is 27.4 Å². The number of benzene rings is 1. The van der Waals surface area contributed by atoms with Crippen LogP contribution in [0, 0.1) is 5.82 Å². The van der Waals surface area contributed by atoms with E-state index < -0.39 is 34.4 Å². The standard InChI is InChI=1S/C30H47BFNO5S/c1-12-13-35-27-15-24(25(32)16-26(27)34-9)22-14-21(18-33-19-22)23(20-36-39(10,11)28(2,3)4)17-31-37-29(5,6)30(7,8)38-31/h14-16,18-19,23H,12-13,17,20H2,1-11H3. The van der Waals surface area contributed by atoms with Crippen molar-refractivity contribution in [3.8, 4) is 22.6 Å². The fraction of sp³-hybridized carbons (Fsp3) is 0.633. The van der Waals surface area contributed by atoms with Crippen LogP contribution in [-0.2, 0) is 13.5 Å². The summed E-state index contributed by atoms with van der Waals surface area (Å²) in [6.45, 7) is 17.8. The molecule has 1 aliphatic heterocycles. The van der Waals surface area contributed by atoms with E-state index in [1.807, 2.05) is 19.2 Å². The summed E-state index contributed by atoms with van der Waals surface area (Å²) >= 11 is 0. The lowest BCUT2D eigenvalue weighted by atomic mass is 9.75. The molecule has 1 aromatic carbocycles. The molecule has 2 heterocycles. The minimum absolute atomic E-state index is 0.0170. The van der Waals surface area contributed by atoms with E-state index in [0.717, 1.165) is 12.0 Å². The smallest absolute Gasteiger partial charge is 0.458 e. The number of hydrogen-bond acceptors (Lipinski definition) is 6. The summed E-state index contributed by atoms with van der Waals surface area (Å²) in [5, 5.41) is 0. The van der Waals surface area contributed by atoms with E-state index in [4.69, 9.17) is 23.0 Å². The molecule has 3 rings (SSSR count). The van der Waals surface area contributed by atoms with E-state index in [1.165, 1.54) is 13.2 Å². The quantitative estimate of drug-likeness (QED) is 0.262. The van der Waals surface area contributed by atoms with Gasteiger partial charge in [0.05, 0.1) is 31.5 Å². The Bertz CT molecular complexity index is 1120. The van der Waals surface area contributed by atoms with Gasteiger partial charge in [-0.1, -0.05) is 27.7 Å². The lowest BCUT2D eigenvalue weighted by Gasteiger charge is -2.44. The Morgan fingerprint density at radius 2 is 1.67 bits per heavy atom. The predicted octanol–water partition coefficient (Wildman–Crippen LogP) is 7.66. The Morgan fingerprint density at radius 3 is 2.23 bits per heavy atom. The molecule has 0 bridgehead atoms. The molecule has 0 N–H and O–H groups in total. The Hall–Kier alpha value is -1.81. The van der Waals surface area contributed by atoms with Crippen LogP contribution in [0.2, 0.25) is 6.32 Å². The summed E-state index contributed by atoms with van der Waals surface area (Å²) in [6.07, 6.45) is 9.32. The minimum Gasteiger partial charge on any atom is -0.493 e. The van der Waals surface area contributed by atoms with Crippen LogP contribution in [0.5, 0.6) is 11.5 Å². The summed E-state index contributed by atoms with van der Waals surface area (Å²) in [4.78, 5) is 4.51. The summed E-state index contributed by atoms with van der Waals surface area (Å²) in [7, 11) is -0.250. The first-order valence-corrected chi connectivity index (χ1v) is 16.1. The van der Waals surface area contributed by atoms with Gasteiger partial charge in [0, 0.05) is 40.3 Å². The number of aromatic nitrogens is 1. The van der Waals surface area contributed by atoms with Gasteiger partial charge in [0.2, 0.25) is 0 Å². The molecule has 6 nitrogen and oxygen atoms in total. The Morgan fingerprint density at radius 1 is 1.03 bits per heavy atom. The van der Waals surface area contributed by atoms with Crippen molar-refractivity contribution in [1.29, 1.82) is 0 Å². The summed E-state index contributed by atoms with van der Waals surface area (Å²) in [6, 6.07) is 5.05. The molecule has 1 aromatic heterocycles. The third-order valence-electron chi connectivity index (χ3n) is 8.07. The second-order valence-electron chi connectivity index (χ2n) is 12.6. The van der Waals surface area contributed by atoms with Gasteiger partial charge in [-0.2, -0.15) is 0 Å². The number of rotatable bonds is 11. The molecule has 0 saturated carbocycles. The monoisotopic (exact) mass is 563 g/mol. The van der Waals surface area contributed by atoms with Crippen molar-refractivity contribution >= 4 is 17.4 Å². The molecule has 218 valence electrons. The molecule has 0 spiro atoms. The van der Waals surface area contributed by atoms with Gasteiger partial charge in [-0.15, -0.1) is 10.3 Å². The zero-order chi connectivity index (χ0) is 29.2.